The molecule has 4 aromatic carbocycles. The monoisotopic (exact) mass is 592 g/mol. The van der Waals surface area contributed by atoms with Gasteiger partial charge in [-0.15, -0.1) is 0 Å². The number of hydrogen-bond acceptors (Lipinski definition) is 3. The molecule has 0 radical (unpaired) electrons. The van der Waals surface area contributed by atoms with Crippen LogP contribution >= 0.6 is 0 Å². The lowest BCUT2D eigenvalue weighted by Crippen LogP contribution is -2.43. The molecule has 0 bridgehead atoms. The summed E-state index contributed by atoms with van der Waals surface area (Å²) >= 11 is 0. The number of aryl methyl sites for hydroxylation is 1. The van der Waals surface area contributed by atoms with Crippen LogP contribution in [0, 0.1) is 5.82 Å². The molecule has 44 heavy (non-hydrogen) atoms. The number of carboxylic acids is 1. The summed E-state index contributed by atoms with van der Waals surface area (Å²) in [7, 11) is 1.64. The number of hydrogen-bond donors (Lipinski definition) is 1. The van der Waals surface area contributed by atoms with Crippen molar-refractivity contribution in [3.05, 3.63) is 113 Å². The standard InChI is InChI=1S/C37H37FN2O4/c1-3-32(37(42)43)40-33-18-16-27(38)21-30(33)31-22-28(17-19-34(31)40)39(23-26-12-8-11-24-9-4-6-13-29(24)26)36(41)20-15-25-10-5-7-14-35(25)44-2/h4-14,16,18,21,28,32H,3,15,17,19-20,22-23H2,1-2H3,(H,42,43)/t28-,32?/m0/s1. The van der Waals surface area contributed by atoms with Crippen molar-refractivity contribution >= 4 is 33.6 Å². The van der Waals surface area contributed by atoms with E-state index in [1.807, 2.05) is 58.9 Å². The number of para-hydroxylation sites is 1. The maximum Gasteiger partial charge on any atom is 0.326 e. The number of nitrogens with zero attached hydrogens (tertiary/aromatic N) is 2. The average Bonchev–Trinajstić information content (AvgIpc) is 3.35. The lowest BCUT2D eigenvalue weighted by molar-refractivity contribution is -0.141. The highest BCUT2D eigenvalue weighted by Gasteiger charge is 2.34. The number of fused-ring (bicyclic) bond motifs is 4. The molecular formula is C37H37FN2O4. The highest BCUT2D eigenvalue weighted by Crippen LogP contribution is 2.38. The molecule has 2 atom stereocenters. The third-order valence-electron chi connectivity index (χ3n) is 9.10. The second kappa shape index (κ2) is 12.5. The van der Waals surface area contributed by atoms with Crippen LogP contribution in [0.3, 0.4) is 0 Å². The number of ether oxygens (including phenoxy) is 1. The summed E-state index contributed by atoms with van der Waals surface area (Å²) in [4.78, 5) is 28.4. The van der Waals surface area contributed by atoms with Crippen molar-refractivity contribution in [1.82, 2.24) is 9.47 Å². The van der Waals surface area contributed by atoms with Crippen LogP contribution in [0.2, 0.25) is 0 Å². The smallest absolute Gasteiger partial charge is 0.326 e. The minimum absolute atomic E-state index is 0.0455. The van der Waals surface area contributed by atoms with Crippen LogP contribution in [0.1, 0.15) is 54.6 Å². The molecule has 0 saturated carbocycles. The Kier molecular flexibility index (Phi) is 8.38. The predicted molar refractivity (Wildman–Crippen MR) is 170 cm³/mol. The Bertz CT molecular complexity index is 1840. The average molecular weight is 593 g/mol. The van der Waals surface area contributed by atoms with E-state index < -0.39 is 12.0 Å². The van der Waals surface area contributed by atoms with Gasteiger partial charge in [0.05, 0.1) is 7.11 Å². The second-order valence-corrected chi connectivity index (χ2v) is 11.6. The number of carbonyl (C=O) groups excluding carboxylic acids is 1. The van der Waals surface area contributed by atoms with Gasteiger partial charge in [-0.05, 0) is 83.8 Å². The van der Waals surface area contributed by atoms with Crippen molar-refractivity contribution in [1.29, 1.82) is 0 Å². The molecule has 0 saturated heterocycles. The third kappa shape index (κ3) is 5.54. The number of aliphatic carboxylic acids is 1. The number of amides is 1. The summed E-state index contributed by atoms with van der Waals surface area (Å²) in [6.45, 7) is 2.31. The largest absolute Gasteiger partial charge is 0.496 e. The van der Waals surface area contributed by atoms with Gasteiger partial charge < -0.3 is 19.3 Å². The molecule has 1 N–H and O–H groups in total. The van der Waals surface area contributed by atoms with Gasteiger partial charge >= 0.3 is 5.97 Å². The van der Waals surface area contributed by atoms with Gasteiger partial charge in [-0.25, -0.2) is 9.18 Å². The van der Waals surface area contributed by atoms with Crippen molar-refractivity contribution in [2.75, 3.05) is 7.11 Å². The van der Waals surface area contributed by atoms with Crippen molar-refractivity contribution in [2.45, 2.75) is 64.1 Å². The van der Waals surface area contributed by atoms with E-state index in [0.717, 1.165) is 49.8 Å². The van der Waals surface area contributed by atoms with Gasteiger partial charge in [0.25, 0.3) is 0 Å². The molecule has 7 heteroatoms. The van der Waals surface area contributed by atoms with E-state index in [1.54, 1.807) is 13.2 Å². The number of carboxylic acid groups (broad SMARTS) is 1. The van der Waals surface area contributed by atoms with Gasteiger partial charge in [-0.1, -0.05) is 67.6 Å². The SMILES string of the molecule is CCC(C(=O)O)n1c2c(c3cc(F)ccc31)C[C@@H](N(Cc1cccc3ccccc13)C(=O)CCc1ccccc1OC)CC2. The van der Waals surface area contributed by atoms with Gasteiger partial charge in [-0.2, -0.15) is 0 Å². The molecule has 1 amide bonds. The molecule has 5 aromatic rings. The third-order valence-corrected chi connectivity index (χ3v) is 9.10. The quantitative estimate of drug-likeness (QED) is 0.182. The fourth-order valence-corrected chi connectivity index (χ4v) is 6.97. The molecule has 6 rings (SSSR count). The number of aromatic nitrogens is 1. The Morgan fingerprint density at radius 1 is 1.00 bits per heavy atom. The summed E-state index contributed by atoms with van der Waals surface area (Å²) in [5, 5.41) is 13.0. The molecule has 6 nitrogen and oxygen atoms in total. The number of rotatable bonds is 10. The fraction of sp³-hybridized carbons (Fsp3) is 0.297. The zero-order valence-electron chi connectivity index (χ0n) is 25.1. The Labute approximate surface area is 256 Å². The number of halogens is 1. The van der Waals surface area contributed by atoms with Crippen LogP contribution in [0.25, 0.3) is 21.7 Å². The highest BCUT2D eigenvalue weighted by molar-refractivity contribution is 5.89. The van der Waals surface area contributed by atoms with Crippen LogP contribution in [-0.2, 0) is 35.4 Å². The van der Waals surface area contributed by atoms with Crippen LogP contribution in [-0.4, -0.2) is 39.6 Å². The number of methoxy groups -OCH3 is 1. The Hall–Kier alpha value is -4.65. The first-order chi connectivity index (χ1) is 21.4. The number of benzene rings is 4. The van der Waals surface area contributed by atoms with Gasteiger partial charge in [-0.3, -0.25) is 4.79 Å². The van der Waals surface area contributed by atoms with E-state index in [9.17, 15) is 19.1 Å². The van der Waals surface area contributed by atoms with Crippen LogP contribution in [0.15, 0.2) is 84.9 Å². The molecule has 1 aliphatic rings. The van der Waals surface area contributed by atoms with E-state index in [-0.39, 0.29) is 17.8 Å². The predicted octanol–water partition coefficient (Wildman–Crippen LogP) is 7.50. The molecule has 1 aromatic heterocycles. The first-order valence-electron chi connectivity index (χ1n) is 15.3. The molecular weight excluding hydrogens is 555 g/mol. The van der Waals surface area contributed by atoms with E-state index >= 15 is 0 Å². The van der Waals surface area contributed by atoms with Crippen LogP contribution in [0.5, 0.6) is 5.75 Å². The van der Waals surface area contributed by atoms with Gasteiger partial charge in [0.2, 0.25) is 5.91 Å². The summed E-state index contributed by atoms with van der Waals surface area (Å²) in [6, 6.07) is 25.9. The topological polar surface area (TPSA) is 71.8 Å². The first kappa shape index (κ1) is 29.4. The minimum atomic E-state index is -0.900. The lowest BCUT2D eigenvalue weighted by atomic mass is 9.89. The summed E-state index contributed by atoms with van der Waals surface area (Å²) in [5.74, 6) is -0.447. The molecule has 226 valence electrons. The molecule has 0 fully saturated rings. The van der Waals surface area contributed by atoms with Crippen molar-refractivity contribution in [3.8, 4) is 5.75 Å². The van der Waals surface area contributed by atoms with Gasteiger partial charge in [0.1, 0.15) is 17.6 Å². The van der Waals surface area contributed by atoms with E-state index in [0.29, 0.717) is 45.1 Å². The van der Waals surface area contributed by atoms with Crippen LogP contribution < -0.4 is 4.74 Å². The normalized spacial score (nSPS) is 15.2. The second-order valence-electron chi connectivity index (χ2n) is 11.6. The molecule has 0 spiro atoms. The summed E-state index contributed by atoms with van der Waals surface area (Å²) < 4.78 is 22.0. The summed E-state index contributed by atoms with van der Waals surface area (Å²) in [6.07, 6.45) is 3.11. The van der Waals surface area contributed by atoms with Crippen molar-refractivity contribution in [2.24, 2.45) is 0 Å². The van der Waals surface area contributed by atoms with Crippen molar-refractivity contribution in [3.63, 3.8) is 0 Å². The van der Waals surface area contributed by atoms with E-state index in [1.165, 1.54) is 12.1 Å². The number of carbonyl (C=O) groups is 2. The Morgan fingerprint density at radius 3 is 2.55 bits per heavy atom. The maximum absolute atomic E-state index is 14.6. The van der Waals surface area contributed by atoms with Gasteiger partial charge in [0, 0.05) is 35.6 Å². The van der Waals surface area contributed by atoms with E-state index in [2.05, 4.69) is 24.3 Å². The summed E-state index contributed by atoms with van der Waals surface area (Å²) in [5.41, 5.74) is 4.66. The molecule has 1 heterocycles. The highest BCUT2D eigenvalue weighted by atomic mass is 19.1. The molecule has 1 unspecified atom stereocenters. The van der Waals surface area contributed by atoms with Gasteiger partial charge in [0.15, 0.2) is 0 Å². The lowest BCUT2D eigenvalue weighted by Gasteiger charge is -2.36. The van der Waals surface area contributed by atoms with Crippen LogP contribution in [0.4, 0.5) is 4.39 Å². The maximum atomic E-state index is 14.6. The Balaban J connectivity index is 1.38. The zero-order valence-corrected chi connectivity index (χ0v) is 25.1. The Morgan fingerprint density at radius 2 is 1.75 bits per heavy atom. The molecule has 0 aliphatic heterocycles. The molecule has 1 aliphatic carbocycles. The minimum Gasteiger partial charge on any atom is -0.496 e. The van der Waals surface area contributed by atoms with E-state index in [4.69, 9.17) is 4.74 Å². The zero-order chi connectivity index (χ0) is 30.8. The fourth-order valence-electron chi connectivity index (χ4n) is 6.97. The first-order valence-corrected chi connectivity index (χ1v) is 15.3. The van der Waals surface area contributed by atoms with Crippen molar-refractivity contribution < 1.29 is 23.8 Å².